The highest BCUT2D eigenvalue weighted by atomic mass is 32.2. The molecule has 2 heterocycles. The van der Waals surface area contributed by atoms with E-state index in [0.29, 0.717) is 23.2 Å². The van der Waals surface area contributed by atoms with Crippen LogP contribution in [0.5, 0.6) is 0 Å². The number of hydrogen-bond donors (Lipinski definition) is 1. The quantitative estimate of drug-likeness (QED) is 0.925. The lowest BCUT2D eigenvalue weighted by Crippen LogP contribution is -2.45. The highest BCUT2D eigenvalue weighted by molar-refractivity contribution is 7.91. The van der Waals surface area contributed by atoms with E-state index in [1.165, 1.54) is 11.3 Å². The van der Waals surface area contributed by atoms with Gasteiger partial charge in [-0.05, 0) is 42.7 Å². The molecule has 2 N–H and O–H groups in total. The molecule has 1 fully saturated rings. The minimum Gasteiger partial charge on any atom is -0.326 e. The summed E-state index contributed by atoms with van der Waals surface area (Å²) in [7, 11) is -3.34. The molecule has 1 aliphatic rings. The van der Waals surface area contributed by atoms with Crippen LogP contribution in [0.2, 0.25) is 0 Å². The van der Waals surface area contributed by atoms with Gasteiger partial charge in [0.25, 0.3) is 10.0 Å². The molecule has 1 saturated heterocycles. The number of nitrogens with two attached hydrogens (primary N) is 1. The molecule has 18 heavy (non-hydrogen) atoms. The summed E-state index contributed by atoms with van der Waals surface area (Å²) in [5.41, 5.74) is 6.42. The summed E-state index contributed by atoms with van der Waals surface area (Å²) in [6.07, 6.45) is 2.05. The molecule has 1 aliphatic heterocycles. The van der Waals surface area contributed by atoms with Crippen molar-refractivity contribution in [3.05, 3.63) is 17.0 Å². The van der Waals surface area contributed by atoms with Crippen molar-refractivity contribution in [2.75, 3.05) is 6.54 Å². The predicted molar refractivity (Wildman–Crippen MR) is 74.0 cm³/mol. The third kappa shape index (κ3) is 2.47. The van der Waals surface area contributed by atoms with Crippen molar-refractivity contribution in [3.8, 4) is 0 Å². The Morgan fingerprint density at radius 1 is 1.50 bits per heavy atom. The van der Waals surface area contributed by atoms with Gasteiger partial charge < -0.3 is 5.73 Å². The number of thiophene rings is 1. The monoisotopic (exact) mass is 288 g/mol. The first kappa shape index (κ1) is 14.0. The van der Waals surface area contributed by atoms with Crippen LogP contribution in [0, 0.1) is 5.92 Å². The van der Waals surface area contributed by atoms with Gasteiger partial charge in [0.15, 0.2) is 0 Å². The number of hydrogen-bond acceptors (Lipinski definition) is 4. The zero-order chi connectivity index (χ0) is 13.3. The summed E-state index contributed by atoms with van der Waals surface area (Å²) >= 11 is 1.27. The van der Waals surface area contributed by atoms with Gasteiger partial charge in [-0.2, -0.15) is 4.31 Å². The van der Waals surface area contributed by atoms with Gasteiger partial charge in [-0.15, -0.1) is 11.3 Å². The Morgan fingerprint density at radius 2 is 2.22 bits per heavy atom. The Kier molecular flexibility index (Phi) is 4.11. The third-order valence-electron chi connectivity index (χ3n) is 3.74. The summed E-state index contributed by atoms with van der Waals surface area (Å²) in [4.78, 5) is 0. The second-order valence-electron chi connectivity index (χ2n) is 4.95. The molecule has 4 nitrogen and oxygen atoms in total. The van der Waals surface area contributed by atoms with Crippen LogP contribution in [0.3, 0.4) is 0 Å². The number of piperidine rings is 1. The van der Waals surface area contributed by atoms with Crippen LogP contribution in [0.1, 0.15) is 32.3 Å². The summed E-state index contributed by atoms with van der Waals surface area (Å²) in [6.45, 7) is 5.13. The van der Waals surface area contributed by atoms with Crippen molar-refractivity contribution in [2.24, 2.45) is 11.7 Å². The zero-order valence-electron chi connectivity index (χ0n) is 10.8. The smallest absolute Gasteiger partial charge is 0.252 e. The SMILES string of the molecule is CC1CCCN(S(=O)(=O)c2cc(CN)cs2)C1C. The summed E-state index contributed by atoms with van der Waals surface area (Å²) in [5, 5.41) is 1.82. The Labute approximate surface area is 113 Å². The molecule has 6 heteroatoms. The predicted octanol–water partition coefficient (Wildman–Crippen LogP) is 2.02. The van der Waals surface area contributed by atoms with Crippen LogP contribution in [-0.2, 0) is 16.6 Å². The average molecular weight is 288 g/mol. The molecule has 0 radical (unpaired) electrons. The highest BCUT2D eigenvalue weighted by Crippen LogP contribution is 2.31. The molecule has 0 aliphatic carbocycles. The van der Waals surface area contributed by atoms with Crippen LogP contribution in [0.4, 0.5) is 0 Å². The summed E-state index contributed by atoms with van der Waals surface area (Å²) in [6, 6.07) is 1.78. The molecule has 0 bridgehead atoms. The van der Waals surface area contributed by atoms with E-state index in [1.54, 1.807) is 10.4 Å². The third-order valence-corrected chi connectivity index (χ3v) is 7.19. The topological polar surface area (TPSA) is 63.4 Å². The molecule has 2 atom stereocenters. The van der Waals surface area contributed by atoms with Gasteiger partial charge in [0.1, 0.15) is 4.21 Å². The minimum absolute atomic E-state index is 0.0761. The standard InChI is InChI=1S/C12H20N2O2S2/c1-9-4-3-5-14(10(9)2)18(15,16)12-6-11(7-13)8-17-12/h6,8-10H,3-5,7,13H2,1-2H3. The maximum absolute atomic E-state index is 12.6. The lowest BCUT2D eigenvalue weighted by atomic mass is 9.94. The van der Waals surface area contributed by atoms with E-state index in [9.17, 15) is 8.42 Å². The molecule has 0 amide bonds. The molecule has 0 spiro atoms. The summed E-state index contributed by atoms with van der Waals surface area (Å²) in [5.74, 6) is 0.419. The fourth-order valence-corrected chi connectivity index (χ4v) is 5.46. The van der Waals surface area contributed by atoms with Gasteiger partial charge in [0, 0.05) is 19.1 Å². The van der Waals surface area contributed by atoms with Crippen LogP contribution in [0.15, 0.2) is 15.7 Å². The van der Waals surface area contributed by atoms with E-state index in [-0.39, 0.29) is 6.04 Å². The first-order valence-electron chi connectivity index (χ1n) is 6.26. The zero-order valence-corrected chi connectivity index (χ0v) is 12.4. The fourth-order valence-electron chi connectivity index (χ4n) is 2.35. The number of sulfonamides is 1. The molecule has 0 aromatic carbocycles. The highest BCUT2D eigenvalue weighted by Gasteiger charge is 2.35. The van der Waals surface area contributed by atoms with E-state index < -0.39 is 10.0 Å². The van der Waals surface area contributed by atoms with Crippen LogP contribution in [-0.4, -0.2) is 25.3 Å². The number of nitrogens with zero attached hydrogens (tertiary/aromatic N) is 1. The van der Waals surface area contributed by atoms with E-state index in [0.717, 1.165) is 18.4 Å². The molecular formula is C12H20N2O2S2. The molecule has 1 aromatic heterocycles. The molecule has 0 saturated carbocycles. The molecule has 1 aromatic rings. The lowest BCUT2D eigenvalue weighted by Gasteiger charge is -2.36. The van der Waals surface area contributed by atoms with Crippen molar-refractivity contribution in [2.45, 2.75) is 43.5 Å². The van der Waals surface area contributed by atoms with Gasteiger partial charge in [-0.25, -0.2) is 8.42 Å². The normalized spacial score (nSPS) is 26.4. The lowest BCUT2D eigenvalue weighted by molar-refractivity contribution is 0.202. The van der Waals surface area contributed by atoms with E-state index in [4.69, 9.17) is 5.73 Å². The second-order valence-corrected chi connectivity index (χ2v) is 7.98. The Balaban J connectivity index is 2.30. The molecule has 102 valence electrons. The van der Waals surface area contributed by atoms with Crippen molar-refractivity contribution in [3.63, 3.8) is 0 Å². The van der Waals surface area contributed by atoms with Crippen LogP contribution >= 0.6 is 11.3 Å². The number of rotatable bonds is 3. The minimum atomic E-state index is -3.34. The summed E-state index contributed by atoms with van der Waals surface area (Å²) < 4.78 is 27.2. The molecular weight excluding hydrogens is 268 g/mol. The van der Waals surface area contributed by atoms with E-state index in [1.807, 2.05) is 12.3 Å². The maximum Gasteiger partial charge on any atom is 0.252 e. The van der Waals surface area contributed by atoms with Crippen LogP contribution < -0.4 is 5.73 Å². The average Bonchev–Trinajstić information content (AvgIpc) is 2.81. The maximum atomic E-state index is 12.6. The Hall–Kier alpha value is -0.430. The van der Waals surface area contributed by atoms with Crippen molar-refractivity contribution in [1.82, 2.24) is 4.31 Å². The second kappa shape index (κ2) is 5.28. The Bertz CT molecular complexity index is 510. The fraction of sp³-hybridized carbons (Fsp3) is 0.667. The first-order chi connectivity index (χ1) is 8.46. The molecule has 2 rings (SSSR count). The van der Waals surface area contributed by atoms with Gasteiger partial charge in [0.05, 0.1) is 0 Å². The van der Waals surface area contributed by atoms with Gasteiger partial charge in [-0.1, -0.05) is 6.92 Å². The van der Waals surface area contributed by atoms with Crippen molar-refractivity contribution >= 4 is 21.4 Å². The van der Waals surface area contributed by atoms with E-state index in [2.05, 4.69) is 6.92 Å². The molecule has 2 unspecified atom stereocenters. The van der Waals surface area contributed by atoms with Gasteiger partial charge >= 0.3 is 0 Å². The first-order valence-corrected chi connectivity index (χ1v) is 8.58. The van der Waals surface area contributed by atoms with Crippen molar-refractivity contribution < 1.29 is 8.42 Å². The Morgan fingerprint density at radius 3 is 2.83 bits per heavy atom. The van der Waals surface area contributed by atoms with E-state index >= 15 is 0 Å². The van der Waals surface area contributed by atoms with Gasteiger partial charge in [0.2, 0.25) is 0 Å². The van der Waals surface area contributed by atoms with Crippen LogP contribution in [0.25, 0.3) is 0 Å². The van der Waals surface area contributed by atoms with Gasteiger partial charge in [-0.3, -0.25) is 0 Å². The van der Waals surface area contributed by atoms with Crippen molar-refractivity contribution in [1.29, 1.82) is 0 Å². The largest absolute Gasteiger partial charge is 0.326 e.